The summed E-state index contributed by atoms with van der Waals surface area (Å²) in [6, 6.07) is 0. The van der Waals surface area contributed by atoms with E-state index >= 15 is 0 Å². The molecule has 0 heterocycles. The molecule has 11 heavy (non-hydrogen) atoms. The summed E-state index contributed by atoms with van der Waals surface area (Å²) < 4.78 is 0. The van der Waals surface area contributed by atoms with Gasteiger partial charge in [0.05, 0.1) is 0 Å². The predicted molar refractivity (Wildman–Crippen MR) is 51.9 cm³/mol. The van der Waals surface area contributed by atoms with E-state index in [1.54, 1.807) is 6.92 Å². The number of rotatable bonds is 6. The van der Waals surface area contributed by atoms with E-state index in [1.165, 1.54) is 43.9 Å². The molecule has 0 fully saturated rings. The lowest BCUT2D eigenvalue weighted by Gasteiger charge is -1.97. The van der Waals surface area contributed by atoms with Crippen molar-refractivity contribution in [3.8, 4) is 0 Å². The predicted octanol–water partition coefficient (Wildman–Crippen LogP) is 3.24. The lowest BCUT2D eigenvalue weighted by atomic mass is 10.2. The average molecular weight is 174 g/mol. The van der Waals surface area contributed by atoms with E-state index in [2.05, 4.69) is 6.92 Å². The zero-order valence-electron chi connectivity index (χ0n) is 7.56. The third-order valence-corrected chi connectivity index (χ3v) is 2.45. The molecule has 0 aliphatic rings. The lowest BCUT2D eigenvalue weighted by molar-refractivity contribution is -0.109. The Morgan fingerprint density at radius 2 is 1.82 bits per heavy atom. The third kappa shape index (κ3) is 10.0. The summed E-state index contributed by atoms with van der Waals surface area (Å²) in [6.07, 6.45) is 6.44. The quantitative estimate of drug-likeness (QED) is 0.575. The van der Waals surface area contributed by atoms with Crippen LogP contribution in [0.1, 0.15) is 46.0 Å². The lowest BCUT2D eigenvalue weighted by Crippen LogP contribution is -1.86. The highest BCUT2D eigenvalue weighted by Crippen LogP contribution is 2.08. The largest absolute Gasteiger partial charge is 0.288 e. The van der Waals surface area contributed by atoms with E-state index in [9.17, 15) is 4.79 Å². The molecule has 0 aromatic rings. The molecule has 0 N–H and O–H groups in total. The monoisotopic (exact) mass is 174 g/mol. The molecule has 0 spiro atoms. The average Bonchev–Trinajstić information content (AvgIpc) is 1.96. The molecular formula is C9H18OS. The molecular weight excluding hydrogens is 156 g/mol. The highest BCUT2D eigenvalue weighted by atomic mass is 32.2. The van der Waals surface area contributed by atoms with Crippen LogP contribution in [0, 0.1) is 0 Å². The second kappa shape index (κ2) is 8.12. The molecule has 66 valence electrons. The zero-order valence-corrected chi connectivity index (χ0v) is 8.38. The first-order valence-corrected chi connectivity index (χ1v) is 5.39. The van der Waals surface area contributed by atoms with Gasteiger partial charge in [-0.3, -0.25) is 4.79 Å². The molecule has 2 heteroatoms. The Morgan fingerprint density at radius 3 is 2.36 bits per heavy atom. The molecule has 0 aliphatic heterocycles. The molecule has 0 saturated carbocycles. The Hall–Kier alpha value is 0.0200. The Kier molecular flexibility index (Phi) is 8.13. The maximum absolute atomic E-state index is 10.5. The Labute approximate surface area is 73.9 Å². The van der Waals surface area contributed by atoms with Crippen molar-refractivity contribution in [3.05, 3.63) is 0 Å². The molecule has 0 unspecified atom stereocenters. The van der Waals surface area contributed by atoms with Gasteiger partial charge in [-0.2, -0.15) is 0 Å². The fraction of sp³-hybridized carbons (Fsp3) is 0.889. The van der Waals surface area contributed by atoms with Gasteiger partial charge in [0.1, 0.15) is 0 Å². The molecule has 0 radical (unpaired) electrons. The van der Waals surface area contributed by atoms with Crippen LogP contribution in [0.25, 0.3) is 0 Å². The van der Waals surface area contributed by atoms with Gasteiger partial charge in [0, 0.05) is 12.7 Å². The maximum atomic E-state index is 10.5. The second-order valence-electron chi connectivity index (χ2n) is 2.75. The van der Waals surface area contributed by atoms with E-state index in [-0.39, 0.29) is 5.12 Å². The standard InChI is InChI=1S/C9H18OS/c1-3-4-5-6-7-8-11-9(2)10/h3-8H2,1-2H3. The van der Waals surface area contributed by atoms with Crippen molar-refractivity contribution in [3.63, 3.8) is 0 Å². The zero-order chi connectivity index (χ0) is 8.53. The van der Waals surface area contributed by atoms with Gasteiger partial charge in [-0.1, -0.05) is 44.4 Å². The molecule has 0 amide bonds. The topological polar surface area (TPSA) is 17.1 Å². The van der Waals surface area contributed by atoms with E-state index < -0.39 is 0 Å². The van der Waals surface area contributed by atoms with Gasteiger partial charge < -0.3 is 0 Å². The minimum Gasteiger partial charge on any atom is -0.288 e. The van der Waals surface area contributed by atoms with Gasteiger partial charge in [-0.05, 0) is 6.42 Å². The number of thioether (sulfide) groups is 1. The summed E-state index contributed by atoms with van der Waals surface area (Å²) >= 11 is 1.45. The van der Waals surface area contributed by atoms with Crippen LogP contribution in [0.4, 0.5) is 0 Å². The second-order valence-corrected chi connectivity index (χ2v) is 4.03. The van der Waals surface area contributed by atoms with Crippen molar-refractivity contribution in [1.82, 2.24) is 0 Å². The first-order valence-electron chi connectivity index (χ1n) is 4.40. The van der Waals surface area contributed by atoms with E-state index in [1.807, 2.05) is 0 Å². The van der Waals surface area contributed by atoms with Gasteiger partial charge in [-0.15, -0.1) is 0 Å². The van der Waals surface area contributed by atoms with E-state index in [0.717, 1.165) is 5.75 Å². The summed E-state index contributed by atoms with van der Waals surface area (Å²) in [7, 11) is 0. The minimum atomic E-state index is 0.250. The fourth-order valence-corrected chi connectivity index (χ4v) is 1.56. The van der Waals surface area contributed by atoms with Gasteiger partial charge >= 0.3 is 0 Å². The maximum Gasteiger partial charge on any atom is 0.185 e. The van der Waals surface area contributed by atoms with Crippen molar-refractivity contribution >= 4 is 16.9 Å². The first-order chi connectivity index (χ1) is 5.27. The number of carbonyl (C=O) groups is 1. The van der Waals surface area contributed by atoms with Crippen molar-refractivity contribution in [2.75, 3.05) is 5.75 Å². The summed E-state index contributed by atoms with van der Waals surface area (Å²) in [5.74, 6) is 1.01. The molecule has 0 aliphatic carbocycles. The molecule has 0 aromatic carbocycles. The first kappa shape index (κ1) is 11.0. The van der Waals surface area contributed by atoms with E-state index in [0.29, 0.717) is 0 Å². The Bertz CT molecular complexity index is 102. The van der Waals surface area contributed by atoms with Gasteiger partial charge in [0.15, 0.2) is 5.12 Å². The highest BCUT2D eigenvalue weighted by Gasteiger charge is 1.93. The van der Waals surface area contributed by atoms with Crippen LogP contribution in [0.5, 0.6) is 0 Å². The molecule has 1 nitrogen and oxygen atoms in total. The number of unbranched alkanes of at least 4 members (excludes halogenated alkanes) is 4. The van der Waals surface area contributed by atoms with Crippen LogP contribution in [-0.2, 0) is 4.79 Å². The Balaban J connectivity index is 2.85. The van der Waals surface area contributed by atoms with Crippen LogP contribution < -0.4 is 0 Å². The van der Waals surface area contributed by atoms with Gasteiger partial charge in [0.25, 0.3) is 0 Å². The summed E-state index contributed by atoms with van der Waals surface area (Å²) in [5, 5.41) is 0.250. The van der Waals surface area contributed by atoms with Crippen molar-refractivity contribution in [2.24, 2.45) is 0 Å². The van der Waals surface area contributed by atoms with Crippen LogP contribution >= 0.6 is 11.8 Å². The van der Waals surface area contributed by atoms with Crippen molar-refractivity contribution < 1.29 is 4.79 Å². The summed E-state index contributed by atoms with van der Waals surface area (Å²) in [5.41, 5.74) is 0. The van der Waals surface area contributed by atoms with E-state index in [4.69, 9.17) is 0 Å². The van der Waals surface area contributed by atoms with Crippen LogP contribution in [-0.4, -0.2) is 10.9 Å². The third-order valence-electron chi connectivity index (χ3n) is 1.55. The normalized spacial score (nSPS) is 10.0. The van der Waals surface area contributed by atoms with Gasteiger partial charge in [0.2, 0.25) is 0 Å². The van der Waals surface area contributed by atoms with Crippen LogP contribution in [0.15, 0.2) is 0 Å². The molecule has 0 bridgehead atoms. The van der Waals surface area contributed by atoms with Crippen molar-refractivity contribution in [1.29, 1.82) is 0 Å². The molecule has 0 rings (SSSR count). The SMILES string of the molecule is CCCCCCCSC(C)=O. The highest BCUT2D eigenvalue weighted by molar-refractivity contribution is 8.13. The number of carbonyl (C=O) groups excluding carboxylic acids is 1. The van der Waals surface area contributed by atoms with Crippen molar-refractivity contribution in [2.45, 2.75) is 46.0 Å². The smallest absolute Gasteiger partial charge is 0.185 e. The number of hydrogen-bond donors (Lipinski definition) is 0. The molecule has 0 saturated heterocycles. The molecule has 0 atom stereocenters. The summed E-state index contributed by atoms with van der Waals surface area (Å²) in [4.78, 5) is 10.5. The Morgan fingerprint density at radius 1 is 1.18 bits per heavy atom. The number of hydrogen-bond acceptors (Lipinski definition) is 2. The molecule has 0 aromatic heterocycles. The minimum absolute atomic E-state index is 0.250. The van der Waals surface area contributed by atoms with Gasteiger partial charge in [-0.25, -0.2) is 0 Å². The fourth-order valence-electron chi connectivity index (χ4n) is 0.922. The summed E-state index contributed by atoms with van der Waals surface area (Å²) in [6.45, 7) is 3.85. The van der Waals surface area contributed by atoms with Crippen LogP contribution in [0.3, 0.4) is 0 Å². The van der Waals surface area contributed by atoms with Crippen LogP contribution in [0.2, 0.25) is 0 Å².